The third-order valence-corrected chi connectivity index (χ3v) is 4.05. The van der Waals surface area contributed by atoms with Crippen LogP contribution >= 0.6 is 0 Å². The summed E-state index contributed by atoms with van der Waals surface area (Å²) in [7, 11) is 0. The van der Waals surface area contributed by atoms with Crippen molar-refractivity contribution in [1.82, 2.24) is 0 Å². The van der Waals surface area contributed by atoms with Crippen molar-refractivity contribution in [3.8, 4) is 0 Å². The molecule has 0 amide bonds. The van der Waals surface area contributed by atoms with Gasteiger partial charge in [-0.15, -0.1) is 0 Å². The molecule has 1 aliphatic heterocycles. The van der Waals surface area contributed by atoms with Crippen LogP contribution in [0.15, 0.2) is 24.3 Å². The Hall–Kier alpha value is -2.94. The minimum Gasteiger partial charge on any atom is -0.478 e. The molecule has 0 bridgehead atoms. The minimum atomic E-state index is -1.13. The molecule has 2 rings (SSSR count). The molecule has 9 nitrogen and oxygen atoms in total. The first-order valence-corrected chi connectivity index (χ1v) is 8.64. The van der Waals surface area contributed by atoms with Gasteiger partial charge in [-0.05, 0) is 17.7 Å². The number of aromatic carboxylic acids is 1. The molecule has 28 heavy (non-hydrogen) atoms. The Bertz CT molecular complexity index is 758. The van der Waals surface area contributed by atoms with E-state index in [2.05, 4.69) is 0 Å². The van der Waals surface area contributed by atoms with Crippen LogP contribution in [0.2, 0.25) is 0 Å². The van der Waals surface area contributed by atoms with E-state index in [-0.39, 0.29) is 18.6 Å². The van der Waals surface area contributed by atoms with Gasteiger partial charge in [-0.1, -0.05) is 12.1 Å². The van der Waals surface area contributed by atoms with Crippen LogP contribution in [0.25, 0.3) is 0 Å². The number of esters is 3. The zero-order valence-electron chi connectivity index (χ0n) is 15.7. The fourth-order valence-corrected chi connectivity index (χ4v) is 3.02. The SMILES string of the molecule is CC(=O)OC[C@@H]1C[C@H](OC(C)=O)[C@H](OC(C)=O)[C@@H](c2cccc(C(=O)O)c2)O1. The Kier molecular flexibility index (Phi) is 7.11. The number of benzene rings is 1. The van der Waals surface area contributed by atoms with Crippen molar-refractivity contribution >= 4 is 23.9 Å². The van der Waals surface area contributed by atoms with Gasteiger partial charge in [-0.2, -0.15) is 0 Å². The number of ether oxygens (including phenoxy) is 4. The first-order valence-electron chi connectivity index (χ1n) is 8.64. The third-order valence-electron chi connectivity index (χ3n) is 4.05. The van der Waals surface area contributed by atoms with Crippen LogP contribution in [0.4, 0.5) is 0 Å². The van der Waals surface area contributed by atoms with E-state index in [1.807, 2.05) is 0 Å². The number of rotatable bonds is 6. The zero-order chi connectivity index (χ0) is 20.8. The van der Waals surface area contributed by atoms with Crippen LogP contribution in [0, 0.1) is 0 Å². The molecule has 0 unspecified atom stereocenters. The largest absolute Gasteiger partial charge is 0.478 e. The van der Waals surface area contributed by atoms with E-state index in [1.54, 1.807) is 6.07 Å². The molecule has 1 fully saturated rings. The summed E-state index contributed by atoms with van der Waals surface area (Å²) in [5, 5.41) is 9.23. The van der Waals surface area contributed by atoms with Crippen molar-refractivity contribution in [2.75, 3.05) is 6.61 Å². The van der Waals surface area contributed by atoms with E-state index < -0.39 is 48.3 Å². The lowest BCUT2D eigenvalue weighted by atomic mass is 9.92. The van der Waals surface area contributed by atoms with Crippen LogP contribution in [-0.4, -0.2) is 53.9 Å². The van der Waals surface area contributed by atoms with Crippen molar-refractivity contribution < 1.29 is 43.2 Å². The predicted octanol–water partition coefficient (Wildman–Crippen LogP) is 1.64. The maximum atomic E-state index is 11.6. The van der Waals surface area contributed by atoms with E-state index >= 15 is 0 Å². The number of carbonyl (C=O) groups excluding carboxylic acids is 3. The molecular weight excluding hydrogens is 372 g/mol. The van der Waals surface area contributed by atoms with Crippen LogP contribution in [-0.2, 0) is 33.3 Å². The number of carboxylic acid groups (broad SMARTS) is 1. The summed E-state index contributed by atoms with van der Waals surface area (Å²) in [6.45, 7) is 3.60. The zero-order valence-corrected chi connectivity index (χ0v) is 15.7. The quantitative estimate of drug-likeness (QED) is 0.566. The van der Waals surface area contributed by atoms with Gasteiger partial charge in [0.25, 0.3) is 0 Å². The predicted molar refractivity (Wildman–Crippen MR) is 93.4 cm³/mol. The van der Waals surface area contributed by atoms with Gasteiger partial charge in [-0.25, -0.2) is 4.79 Å². The first-order chi connectivity index (χ1) is 13.2. The average Bonchev–Trinajstić information content (AvgIpc) is 2.60. The molecule has 1 saturated heterocycles. The van der Waals surface area contributed by atoms with Gasteiger partial charge in [0.2, 0.25) is 0 Å². The highest BCUT2D eigenvalue weighted by Crippen LogP contribution is 2.36. The monoisotopic (exact) mass is 394 g/mol. The van der Waals surface area contributed by atoms with Crippen molar-refractivity contribution in [3.05, 3.63) is 35.4 Å². The maximum Gasteiger partial charge on any atom is 0.335 e. The lowest BCUT2D eigenvalue weighted by Gasteiger charge is -2.40. The summed E-state index contributed by atoms with van der Waals surface area (Å²) in [5.74, 6) is -2.81. The van der Waals surface area contributed by atoms with Crippen LogP contribution < -0.4 is 0 Å². The summed E-state index contributed by atoms with van der Waals surface area (Å²) < 4.78 is 21.6. The Morgan fingerprint density at radius 1 is 1.07 bits per heavy atom. The van der Waals surface area contributed by atoms with E-state index in [0.717, 1.165) is 0 Å². The molecule has 1 aromatic carbocycles. The molecule has 1 aromatic rings. The fraction of sp³-hybridized carbons (Fsp3) is 0.474. The summed E-state index contributed by atoms with van der Waals surface area (Å²) in [4.78, 5) is 45.6. The molecule has 1 aliphatic rings. The van der Waals surface area contributed by atoms with Gasteiger partial charge in [0.1, 0.15) is 18.8 Å². The van der Waals surface area contributed by atoms with Crippen LogP contribution in [0.5, 0.6) is 0 Å². The number of hydrogen-bond acceptors (Lipinski definition) is 8. The molecule has 1 heterocycles. The van der Waals surface area contributed by atoms with Gasteiger partial charge in [-0.3, -0.25) is 14.4 Å². The maximum absolute atomic E-state index is 11.6. The Morgan fingerprint density at radius 2 is 1.75 bits per heavy atom. The van der Waals surface area contributed by atoms with Crippen LogP contribution in [0.3, 0.4) is 0 Å². The number of carboxylic acids is 1. The Balaban J connectivity index is 2.39. The highest BCUT2D eigenvalue weighted by molar-refractivity contribution is 5.87. The van der Waals surface area contributed by atoms with E-state index in [1.165, 1.54) is 39.0 Å². The summed E-state index contributed by atoms with van der Waals surface area (Å²) in [6, 6.07) is 5.95. The topological polar surface area (TPSA) is 125 Å². The molecule has 0 radical (unpaired) electrons. The number of hydrogen-bond donors (Lipinski definition) is 1. The second kappa shape index (κ2) is 9.32. The summed E-state index contributed by atoms with van der Waals surface area (Å²) in [5.41, 5.74) is 0.449. The van der Waals surface area contributed by atoms with E-state index in [4.69, 9.17) is 18.9 Å². The Labute approximate surface area is 161 Å². The normalized spacial score (nSPS) is 24.1. The molecule has 4 atom stereocenters. The average molecular weight is 394 g/mol. The van der Waals surface area contributed by atoms with Crippen molar-refractivity contribution in [3.63, 3.8) is 0 Å². The standard InChI is InChI=1S/C19H22O9/c1-10(20)25-9-15-8-16(26-11(2)21)18(27-12(3)22)17(28-15)13-5-4-6-14(7-13)19(23)24/h4-7,15-18H,8-9H2,1-3H3,(H,23,24)/t15-,16-,17+,18-/m0/s1. The fourth-order valence-electron chi connectivity index (χ4n) is 3.02. The van der Waals surface area contributed by atoms with E-state index in [9.17, 15) is 24.3 Å². The Morgan fingerprint density at radius 3 is 2.32 bits per heavy atom. The van der Waals surface area contributed by atoms with Crippen molar-refractivity contribution in [2.45, 2.75) is 51.6 Å². The third kappa shape index (κ3) is 5.78. The lowest BCUT2D eigenvalue weighted by molar-refractivity contribution is -0.214. The molecular formula is C19H22O9. The van der Waals surface area contributed by atoms with Crippen molar-refractivity contribution in [2.24, 2.45) is 0 Å². The molecule has 9 heteroatoms. The smallest absolute Gasteiger partial charge is 0.335 e. The minimum absolute atomic E-state index is 0.0221. The summed E-state index contributed by atoms with van der Waals surface area (Å²) in [6.07, 6.45) is -3.26. The van der Waals surface area contributed by atoms with Gasteiger partial charge >= 0.3 is 23.9 Å². The van der Waals surface area contributed by atoms with Gasteiger partial charge in [0.05, 0.1) is 11.7 Å². The number of carbonyl (C=O) groups is 4. The first kappa shape index (κ1) is 21.4. The second-order valence-corrected chi connectivity index (χ2v) is 6.37. The second-order valence-electron chi connectivity index (χ2n) is 6.37. The van der Waals surface area contributed by atoms with Gasteiger partial charge < -0.3 is 24.1 Å². The van der Waals surface area contributed by atoms with Gasteiger partial charge in [0.15, 0.2) is 6.10 Å². The highest BCUT2D eigenvalue weighted by Gasteiger charge is 2.44. The molecule has 152 valence electrons. The molecule has 1 N–H and O–H groups in total. The molecule has 0 aromatic heterocycles. The van der Waals surface area contributed by atoms with E-state index in [0.29, 0.717) is 5.56 Å². The van der Waals surface area contributed by atoms with Crippen molar-refractivity contribution in [1.29, 1.82) is 0 Å². The highest BCUT2D eigenvalue weighted by atomic mass is 16.6. The van der Waals surface area contributed by atoms with Crippen LogP contribution in [0.1, 0.15) is 49.2 Å². The van der Waals surface area contributed by atoms with Gasteiger partial charge in [0, 0.05) is 27.2 Å². The molecule has 0 spiro atoms. The molecule has 0 aliphatic carbocycles. The molecule has 0 saturated carbocycles. The lowest BCUT2D eigenvalue weighted by Crippen LogP contribution is -2.49. The summed E-state index contributed by atoms with van der Waals surface area (Å²) >= 11 is 0.